The second-order valence-corrected chi connectivity index (χ2v) is 10.3. The van der Waals surface area contributed by atoms with Gasteiger partial charge in [-0.05, 0) is 58.8 Å². The summed E-state index contributed by atoms with van der Waals surface area (Å²) in [5, 5.41) is 0. The molecule has 2 heteroatoms. The molecule has 1 aliphatic carbocycles. The SMILES string of the molecule is COc1ccc([N+](C)=C(C)c2ccccc2C=CC2(C)C(C)C(C)C(C)C(C)C2C)cc1. The zero-order valence-corrected chi connectivity index (χ0v) is 21.5. The summed E-state index contributed by atoms with van der Waals surface area (Å²) >= 11 is 0. The van der Waals surface area contributed by atoms with E-state index >= 15 is 0 Å². The molecule has 4 atom stereocenters. The van der Waals surface area contributed by atoms with E-state index in [1.54, 1.807) is 7.11 Å². The third kappa shape index (κ3) is 4.42. The number of allylic oxidation sites excluding steroid dienone is 1. The number of nitrogens with zero attached hydrogens (tertiary/aromatic N) is 1. The lowest BCUT2D eigenvalue weighted by molar-refractivity contribution is -0.404. The van der Waals surface area contributed by atoms with Gasteiger partial charge in [-0.15, -0.1) is 0 Å². The van der Waals surface area contributed by atoms with Crippen LogP contribution in [0.4, 0.5) is 5.69 Å². The van der Waals surface area contributed by atoms with E-state index in [9.17, 15) is 0 Å². The van der Waals surface area contributed by atoms with Crippen molar-refractivity contribution in [2.75, 3.05) is 14.2 Å². The molecule has 0 aliphatic heterocycles. The second kappa shape index (κ2) is 9.65. The molecule has 3 rings (SSSR count). The van der Waals surface area contributed by atoms with E-state index in [0.29, 0.717) is 11.8 Å². The highest BCUT2D eigenvalue weighted by molar-refractivity contribution is 5.99. The van der Waals surface area contributed by atoms with Crippen LogP contribution in [-0.2, 0) is 0 Å². The fraction of sp³-hybridized carbons (Fsp3) is 0.500. The summed E-state index contributed by atoms with van der Waals surface area (Å²) < 4.78 is 7.57. The quantitative estimate of drug-likeness (QED) is 0.348. The molecule has 0 saturated heterocycles. The Balaban J connectivity index is 1.98. The van der Waals surface area contributed by atoms with Gasteiger partial charge in [-0.1, -0.05) is 71.9 Å². The third-order valence-corrected chi connectivity index (χ3v) is 9.13. The van der Waals surface area contributed by atoms with Crippen LogP contribution in [0.1, 0.15) is 59.6 Å². The molecule has 32 heavy (non-hydrogen) atoms. The van der Waals surface area contributed by atoms with E-state index in [0.717, 1.165) is 29.2 Å². The average Bonchev–Trinajstić information content (AvgIpc) is 2.83. The molecule has 0 amide bonds. The van der Waals surface area contributed by atoms with Crippen LogP contribution < -0.4 is 4.74 Å². The number of hydrogen-bond acceptors (Lipinski definition) is 1. The van der Waals surface area contributed by atoms with Gasteiger partial charge in [0.05, 0.1) is 7.11 Å². The maximum Gasteiger partial charge on any atom is 0.205 e. The fourth-order valence-electron chi connectivity index (χ4n) is 5.66. The van der Waals surface area contributed by atoms with Crippen molar-refractivity contribution < 1.29 is 9.31 Å². The van der Waals surface area contributed by atoms with Crippen molar-refractivity contribution in [2.45, 2.75) is 48.5 Å². The second-order valence-electron chi connectivity index (χ2n) is 10.3. The number of benzene rings is 2. The van der Waals surface area contributed by atoms with Gasteiger partial charge >= 0.3 is 0 Å². The highest BCUT2D eigenvalue weighted by atomic mass is 16.5. The molecule has 0 aromatic heterocycles. The summed E-state index contributed by atoms with van der Waals surface area (Å²) in [5.41, 5.74) is 5.14. The van der Waals surface area contributed by atoms with Gasteiger partial charge in [-0.25, -0.2) is 0 Å². The summed E-state index contributed by atoms with van der Waals surface area (Å²) in [5.74, 6) is 4.40. The molecule has 2 nitrogen and oxygen atoms in total. The molecule has 1 fully saturated rings. The third-order valence-electron chi connectivity index (χ3n) is 9.13. The van der Waals surface area contributed by atoms with Gasteiger partial charge in [0.15, 0.2) is 5.71 Å². The summed E-state index contributed by atoms with van der Waals surface area (Å²) in [6.07, 6.45) is 4.89. The van der Waals surface area contributed by atoms with Gasteiger partial charge in [0.1, 0.15) is 12.8 Å². The largest absolute Gasteiger partial charge is 0.497 e. The van der Waals surface area contributed by atoms with Crippen molar-refractivity contribution in [3.8, 4) is 5.75 Å². The van der Waals surface area contributed by atoms with Gasteiger partial charge in [-0.2, -0.15) is 4.58 Å². The molecular formula is C30H42NO+. The summed E-state index contributed by atoms with van der Waals surface area (Å²) in [6.45, 7) is 16.9. The predicted molar refractivity (Wildman–Crippen MR) is 138 cm³/mol. The summed E-state index contributed by atoms with van der Waals surface area (Å²) in [7, 11) is 3.84. The molecule has 0 N–H and O–H groups in total. The summed E-state index contributed by atoms with van der Waals surface area (Å²) in [6, 6.07) is 17.0. The molecule has 2 aromatic rings. The monoisotopic (exact) mass is 432 g/mol. The van der Waals surface area contributed by atoms with Gasteiger partial charge in [-0.3, -0.25) is 0 Å². The Morgan fingerprint density at radius 1 is 0.875 bits per heavy atom. The maximum atomic E-state index is 5.32. The number of hydrogen-bond donors (Lipinski definition) is 0. The molecule has 0 bridgehead atoms. The Hall–Kier alpha value is -2.35. The molecule has 172 valence electrons. The lowest BCUT2D eigenvalue weighted by atomic mass is 9.52. The normalized spacial score (nSPS) is 31.5. The number of ether oxygens (including phenoxy) is 1. The number of rotatable bonds is 5. The van der Waals surface area contributed by atoms with Gasteiger partial charge in [0.25, 0.3) is 0 Å². The highest BCUT2D eigenvalue weighted by Gasteiger charge is 2.47. The lowest BCUT2D eigenvalue weighted by Crippen LogP contribution is -2.47. The van der Waals surface area contributed by atoms with Crippen LogP contribution in [0.3, 0.4) is 0 Å². The van der Waals surface area contributed by atoms with Crippen molar-refractivity contribution in [3.63, 3.8) is 0 Å². The lowest BCUT2D eigenvalue weighted by Gasteiger charge is -2.53. The predicted octanol–water partition coefficient (Wildman–Crippen LogP) is 7.69. The van der Waals surface area contributed by atoms with Crippen LogP contribution in [0.2, 0.25) is 0 Å². The molecule has 1 saturated carbocycles. The molecule has 0 radical (unpaired) electrons. The van der Waals surface area contributed by atoms with Crippen molar-refractivity contribution in [2.24, 2.45) is 35.0 Å². The average molecular weight is 433 g/mol. The molecule has 4 unspecified atom stereocenters. The van der Waals surface area contributed by atoms with E-state index in [4.69, 9.17) is 4.74 Å². The van der Waals surface area contributed by atoms with Crippen molar-refractivity contribution in [3.05, 3.63) is 65.7 Å². The van der Waals surface area contributed by atoms with Crippen molar-refractivity contribution in [1.82, 2.24) is 0 Å². The van der Waals surface area contributed by atoms with Gasteiger partial charge in [0.2, 0.25) is 5.69 Å². The van der Waals surface area contributed by atoms with E-state index in [2.05, 4.69) is 109 Å². The molecule has 0 spiro atoms. The Morgan fingerprint density at radius 2 is 1.44 bits per heavy atom. The van der Waals surface area contributed by atoms with E-state index in [1.165, 1.54) is 16.8 Å². The van der Waals surface area contributed by atoms with Crippen molar-refractivity contribution in [1.29, 1.82) is 0 Å². The minimum absolute atomic E-state index is 0.189. The first kappa shape index (κ1) is 24.3. The summed E-state index contributed by atoms with van der Waals surface area (Å²) in [4.78, 5) is 0. The zero-order chi connectivity index (χ0) is 23.6. The van der Waals surface area contributed by atoms with Gasteiger partial charge < -0.3 is 4.74 Å². The molecule has 2 aromatic carbocycles. The first-order valence-electron chi connectivity index (χ1n) is 12.1. The first-order chi connectivity index (χ1) is 15.1. The molecule has 1 aliphatic rings. The zero-order valence-electron chi connectivity index (χ0n) is 21.5. The van der Waals surface area contributed by atoms with Gasteiger partial charge in [0, 0.05) is 24.6 Å². The molecule has 0 heterocycles. The smallest absolute Gasteiger partial charge is 0.205 e. The van der Waals surface area contributed by atoms with Crippen molar-refractivity contribution >= 4 is 17.5 Å². The van der Waals surface area contributed by atoms with Crippen LogP contribution in [0, 0.1) is 35.0 Å². The Kier molecular flexibility index (Phi) is 7.32. The maximum absolute atomic E-state index is 5.32. The number of methoxy groups -OCH3 is 1. The van der Waals surface area contributed by atoms with Crippen LogP contribution in [-0.4, -0.2) is 24.4 Å². The molecular weight excluding hydrogens is 390 g/mol. The Labute approximate surface area is 196 Å². The Bertz CT molecular complexity index is 968. The standard InChI is InChI=1S/C30H42NO/c1-20-21(2)23(4)30(7,24(5)22(20)3)19-18-26-12-10-11-13-29(26)25(6)31(8)27-14-16-28(32-9)17-15-27/h10-24H,1-9H3/q+1. The van der Waals surface area contributed by atoms with Crippen LogP contribution >= 0.6 is 0 Å². The minimum atomic E-state index is 0.189. The fourth-order valence-corrected chi connectivity index (χ4v) is 5.66. The van der Waals surface area contributed by atoms with E-state index in [1.807, 2.05) is 12.1 Å². The minimum Gasteiger partial charge on any atom is -0.497 e. The van der Waals surface area contributed by atoms with E-state index < -0.39 is 0 Å². The van der Waals surface area contributed by atoms with Crippen LogP contribution in [0.5, 0.6) is 5.75 Å². The topological polar surface area (TPSA) is 12.2 Å². The Morgan fingerprint density at radius 3 is 2.00 bits per heavy atom. The van der Waals surface area contributed by atoms with Crippen LogP contribution in [0.25, 0.3) is 6.08 Å². The van der Waals surface area contributed by atoms with Crippen LogP contribution in [0.15, 0.2) is 54.6 Å². The first-order valence-corrected chi connectivity index (χ1v) is 12.1. The highest BCUT2D eigenvalue weighted by Crippen LogP contribution is 2.53. The van der Waals surface area contributed by atoms with E-state index in [-0.39, 0.29) is 5.41 Å².